The third-order valence-corrected chi connectivity index (χ3v) is 3.77. The van der Waals surface area contributed by atoms with Crippen LogP contribution in [0.15, 0.2) is 42.5 Å². The third-order valence-electron chi connectivity index (χ3n) is 3.77. The van der Waals surface area contributed by atoms with Crippen molar-refractivity contribution in [3.63, 3.8) is 0 Å². The van der Waals surface area contributed by atoms with E-state index < -0.39 is 5.97 Å². The van der Waals surface area contributed by atoms with Crippen molar-refractivity contribution in [2.75, 3.05) is 0 Å². The Morgan fingerprint density at radius 3 is 2.52 bits per heavy atom. The second-order valence-corrected chi connectivity index (χ2v) is 5.57. The molecule has 1 heterocycles. The summed E-state index contributed by atoms with van der Waals surface area (Å²) in [6.45, 7) is 3.29. The Morgan fingerprint density at radius 2 is 1.84 bits per heavy atom. The SMILES string of the molecule is Cc1ccc(-n2nnc(C(=O)OCc3ccc(F)cc3)c2C)cc1F. The minimum atomic E-state index is -0.652. The number of esters is 1. The maximum Gasteiger partial charge on any atom is 0.361 e. The van der Waals surface area contributed by atoms with E-state index in [2.05, 4.69) is 10.3 Å². The third kappa shape index (κ3) is 3.55. The van der Waals surface area contributed by atoms with E-state index in [9.17, 15) is 13.6 Å². The van der Waals surface area contributed by atoms with Crippen molar-refractivity contribution in [1.82, 2.24) is 15.0 Å². The van der Waals surface area contributed by atoms with E-state index >= 15 is 0 Å². The standard InChI is InChI=1S/C18H15F2N3O2/c1-11-3-8-15(9-16(11)20)23-12(2)17(21-22-23)18(24)25-10-13-4-6-14(19)7-5-13/h3-9H,10H2,1-2H3. The lowest BCUT2D eigenvalue weighted by atomic mass is 10.2. The highest BCUT2D eigenvalue weighted by Gasteiger charge is 2.19. The summed E-state index contributed by atoms with van der Waals surface area (Å²) in [5.41, 5.74) is 2.11. The zero-order valence-electron chi connectivity index (χ0n) is 13.7. The quantitative estimate of drug-likeness (QED) is 0.680. The molecule has 5 nitrogen and oxygen atoms in total. The number of aryl methyl sites for hydroxylation is 1. The Morgan fingerprint density at radius 1 is 1.12 bits per heavy atom. The molecule has 0 unspecified atom stereocenters. The number of carbonyl (C=O) groups is 1. The molecule has 0 aliphatic rings. The largest absolute Gasteiger partial charge is 0.456 e. The van der Waals surface area contributed by atoms with Crippen LogP contribution in [-0.4, -0.2) is 21.0 Å². The zero-order valence-corrected chi connectivity index (χ0v) is 13.7. The van der Waals surface area contributed by atoms with E-state index in [1.165, 1.54) is 35.0 Å². The highest BCUT2D eigenvalue weighted by molar-refractivity contribution is 5.88. The molecule has 0 aliphatic heterocycles. The second kappa shape index (κ2) is 6.80. The van der Waals surface area contributed by atoms with Crippen molar-refractivity contribution in [1.29, 1.82) is 0 Å². The second-order valence-electron chi connectivity index (χ2n) is 5.57. The summed E-state index contributed by atoms with van der Waals surface area (Å²) in [7, 11) is 0. The van der Waals surface area contributed by atoms with Gasteiger partial charge in [-0.25, -0.2) is 18.3 Å². The van der Waals surface area contributed by atoms with Gasteiger partial charge in [0.05, 0.1) is 11.4 Å². The number of benzene rings is 2. The predicted molar refractivity (Wildman–Crippen MR) is 86.3 cm³/mol. The molecule has 0 fully saturated rings. The molecule has 128 valence electrons. The fourth-order valence-corrected chi connectivity index (χ4v) is 2.27. The van der Waals surface area contributed by atoms with Gasteiger partial charge in [-0.15, -0.1) is 5.10 Å². The molecule has 0 bridgehead atoms. The van der Waals surface area contributed by atoms with Gasteiger partial charge in [0, 0.05) is 0 Å². The molecule has 0 aliphatic carbocycles. The maximum absolute atomic E-state index is 13.7. The summed E-state index contributed by atoms with van der Waals surface area (Å²) in [5.74, 6) is -1.38. The molecule has 0 radical (unpaired) electrons. The number of carbonyl (C=O) groups excluding carboxylic acids is 1. The summed E-state index contributed by atoms with van der Waals surface area (Å²) >= 11 is 0. The topological polar surface area (TPSA) is 57.0 Å². The minimum absolute atomic E-state index is 0.00935. The van der Waals surface area contributed by atoms with Crippen molar-refractivity contribution < 1.29 is 18.3 Å². The summed E-state index contributed by atoms with van der Waals surface area (Å²) in [5, 5.41) is 7.72. The Bertz CT molecular complexity index is 921. The van der Waals surface area contributed by atoms with Crippen molar-refractivity contribution in [2.24, 2.45) is 0 Å². The zero-order chi connectivity index (χ0) is 18.0. The molecular weight excluding hydrogens is 328 g/mol. The Kier molecular flexibility index (Phi) is 4.56. The molecule has 3 aromatic rings. The first kappa shape index (κ1) is 16.8. The Hall–Kier alpha value is -3.09. The predicted octanol–water partition coefficient (Wildman–Crippen LogP) is 3.52. The summed E-state index contributed by atoms with van der Waals surface area (Å²) in [6.07, 6.45) is 0. The van der Waals surface area contributed by atoms with Gasteiger partial charge in [-0.2, -0.15) is 0 Å². The van der Waals surface area contributed by atoms with Crippen LogP contribution in [0, 0.1) is 25.5 Å². The molecule has 0 saturated carbocycles. The molecule has 25 heavy (non-hydrogen) atoms. The van der Waals surface area contributed by atoms with E-state index in [1.807, 2.05) is 0 Å². The highest BCUT2D eigenvalue weighted by Crippen LogP contribution is 2.16. The lowest BCUT2D eigenvalue weighted by Gasteiger charge is -2.06. The van der Waals surface area contributed by atoms with Gasteiger partial charge in [-0.3, -0.25) is 0 Å². The summed E-state index contributed by atoms with van der Waals surface area (Å²) in [6, 6.07) is 10.3. The Balaban J connectivity index is 1.76. The molecular formula is C18H15F2N3O2. The van der Waals surface area contributed by atoms with Gasteiger partial charge in [0.2, 0.25) is 0 Å². The van der Waals surface area contributed by atoms with Crippen molar-refractivity contribution >= 4 is 5.97 Å². The van der Waals surface area contributed by atoms with Gasteiger partial charge in [0.15, 0.2) is 5.69 Å². The summed E-state index contributed by atoms with van der Waals surface area (Å²) in [4.78, 5) is 12.2. The van der Waals surface area contributed by atoms with Crippen LogP contribution in [0.2, 0.25) is 0 Å². The van der Waals surface area contributed by atoms with Crippen LogP contribution < -0.4 is 0 Å². The molecule has 0 saturated heterocycles. The van der Waals surface area contributed by atoms with E-state index in [-0.39, 0.29) is 23.9 Å². The van der Waals surface area contributed by atoms with Gasteiger partial charge < -0.3 is 4.74 Å². The molecule has 1 aromatic heterocycles. The van der Waals surface area contributed by atoms with Crippen LogP contribution in [0.4, 0.5) is 8.78 Å². The van der Waals surface area contributed by atoms with Crippen LogP contribution in [-0.2, 0) is 11.3 Å². The molecule has 2 aromatic carbocycles. The van der Waals surface area contributed by atoms with Gasteiger partial charge in [-0.1, -0.05) is 23.4 Å². The first-order valence-electron chi connectivity index (χ1n) is 7.56. The summed E-state index contributed by atoms with van der Waals surface area (Å²) < 4.78 is 33.1. The van der Waals surface area contributed by atoms with Crippen LogP contribution in [0.5, 0.6) is 0 Å². The lowest BCUT2D eigenvalue weighted by Crippen LogP contribution is -2.08. The fourth-order valence-electron chi connectivity index (χ4n) is 2.27. The van der Waals surface area contributed by atoms with Crippen LogP contribution in [0.3, 0.4) is 0 Å². The molecule has 0 amide bonds. The number of nitrogens with zero attached hydrogens (tertiary/aromatic N) is 3. The maximum atomic E-state index is 13.7. The van der Waals surface area contributed by atoms with Crippen LogP contribution in [0.1, 0.15) is 27.3 Å². The van der Waals surface area contributed by atoms with Crippen molar-refractivity contribution in [2.45, 2.75) is 20.5 Å². The van der Waals surface area contributed by atoms with Crippen LogP contribution in [0.25, 0.3) is 5.69 Å². The van der Waals surface area contributed by atoms with Gasteiger partial charge >= 0.3 is 5.97 Å². The molecule has 7 heteroatoms. The highest BCUT2D eigenvalue weighted by atomic mass is 19.1. The molecule has 0 atom stereocenters. The molecule has 0 spiro atoms. The molecule has 3 rings (SSSR count). The minimum Gasteiger partial charge on any atom is -0.456 e. The van der Waals surface area contributed by atoms with E-state index in [0.29, 0.717) is 22.5 Å². The van der Waals surface area contributed by atoms with Crippen molar-refractivity contribution in [3.8, 4) is 5.69 Å². The lowest BCUT2D eigenvalue weighted by molar-refractivity contribution is 0.0464. The fraction of sp³-hybridized carbons (Fsp3) is 0.167. The smallest absolute Gasteiger partial charge is 0.361 e. The average Bonchev–Trinajstić information content (AvgIpc) is 2.98. The van der Waals surface area contributed by atoms with Crippen molar-refractivity contribution in [3.05, 3.63) is 76.6 Å². The number of rotatable bonds is 4. The number of ether oxygens (including phenoxy) is 1. The average molecular weight is 343 g/mol. The normalized spacial score (nSPS) is 10.7. The Labute approximate surface area is 142 Å². The van der Waals surface area contributed by atoms with Gasteiger partial charge in [0.25, 0.3) is 0 Å². The van der Waals surface area contributed by atoms with E-state index in [4.69, 9.17) is 4.74 Å². The monoisotopic (exact) mass is 343 g/mol. The number of hydrogen-bond donors (Lipinski definition) is 0. The van der Waals surface area contributed by atoms with Gasteiger partial charge in [0.1, 0.15) is 18.2 Å². The van der Waals surface area contributed by atoms with Crippen LogP contribution >= 0.6 is 0 Å². The first-order valence-corrected chi connectivity index (χ1v) is 7.56. The number of hydrogen-bond acceptors (Lipinski definition) is 4. The number of aromatic nitrogens is 3. The van der Waals surface area contributed by atoms with E-state index in [0.717, 1.165) is 0 Å². The van der Waals surface area contributed by atoms with Gasteiger partial charge in [-0.05, 0) is 49.2 Å². The molecule has 0 N–H and O–H groups in total. The number of halogens is 2. The van der Waals surface area contributed by atoms with E-state index in [1.54, 1.807) is 26.0 Å². The first-order chi connectivity index (χ1) is 12.0.